The van der Waals surface area contributed by atoms with Crippen LogP contribution in [0.1, 0.15) is 5.56 Å². The Kier molecular flexibility index (Phi) is 3.92. The molecule has 0 aromatic heterocycles. The molecule has 0 saturated carbocycles. The minimum Gasteiger partial charge on any atom is -0.508 e. The Morgan fingerprint density at radius 3 is 1.91 bits per heavy atom. The minimum absolute atomic E-state index is 0. The van der Waals surface area contributed by atoms with Gasteiger partial charge in [-0.3, -0.25) is 0 Å². The lowest BCUT2D eigenvalue weighted by Gasteiger charge is -1.98. The standard InChI is InChI=1S/C7H9NO2.BrH/c8-4-5-1-6(9)3-7(10)2-5;/h1-3,9-10H,4,8H2;1H. The Hall–Kier alpha value is -0.740. The Bertz CT molecular complexity index is 220. The van der Waals surface area contributed by atoms with E-state index in [1.54, 1.807) is 0 Å². The number of benzene rings is 1. The fraction of sp³-hybridized carbons (Fsp3) is 0.143. The number of aromatic hydroxyl groups is 2. The molecule has 0 heterocycles. The topological polar surface area (TPSA) is 66.5 Å². The largest absolute Gasteiger partial charge is 0.508 e. The van der Waals surface area contributed by atoms with Gasteiger partial charge in [0.05, 0.1) is 0 Å². The molecular weight excluding hydrogens is 210 g/mol. The van der Waals surface area contributed by atoms with E-state index < -0.39 is 0 Å². The molecule has 1 aromatic rings. The van der Waals surface area contributed by atoms with Crippen molar-refractivity contribution in [2.75, 3.05) is 0 Å². The molecule has 1 aromatic carbocycles. The van der Waals surface area contributed by atoms with Crippen LogP contribution >= 0.6 is 17.0 Å². The van der Waals surface area contributed by atoms with Gasteiger partial charge in [0, 0.05) is 12.6 Å². The van der Waals surface area contributed by atoms with Crippen LogP contribution in [0.15, 0.2) is 18.2 Å². The third-order valence-corrected chi connectivity index (χ3v) is 1.20. The molecule has 0 unspecified atom stereocenters. The first-order chi connectivity index (χ1) is 4.72. The number of hydrogen-bond acceptors (Lipinski definition) is 3. The van der Waals surface area contributed by atoms with Crippen molar-refractivity contribution in [3.63, 3.8) is 0 Å². The van der Waals surface area contributed by atoms with Gasteiger partial charge < -0.3 is 15.9 Å². The van der Waals surface area contributed by atoms with Crippen molar-refractivity contribution < 1.29 is 10.2 Å². The summed E-state index contributed by atoms with van der Waals surface area (Å²) in [4.78, 5) is 0. The summed E-state index contributed by atoms with van der Waals surface area (Å²) < 4.78 is 0. The van der Waals surface area contributed by atoms with Crippen LogP contribution in [0.25, 0.3) is 0 Å². The maximum atomic E-state index is 8.91. The zero-order chi connectivity index (χ0) is 7.56. The lowest BCUT2D eigenvalue weighted by Crippen LogP contribution is -1.94. The van der Waals surface area contributed by atoms with E-state index >= 15 is 0 Å². The maximum Gasteiger partial charge on any atom is 0.119 e. The number of hydrogen-bond donors (Lipinski definition) is 3. The van der Waals surface area contributed by atoms with Crippen molar-refractivity contribution in [3.05, 3.63) is 23.8 Å². The van der Waals surface area contributed by atoms with Crippen molar-refractivity contribution in [1.82, 2.24) is 0 Å². The van der Waals surface area contributed by atoms with Crippen molar-refractivity contribution in [2.24, 2.45) is 5.73 Å². The molecular formula is C7H10BrNO2. The number of halogens is 1. The van der Waals surface area contributed by atoms with E-state index in [1.165, 1.54) is 18.2 Å². The molecule has 3 nitrogen and oxygen atoms in total. The third kappa shape index (κ3) is 2.78. The van der Waals surface area contributed by atoms with Crippen LogP contribution in [0.5, 0.6) is 11.5 Å². The molecule has 11 heavy (non-hydrogen) atoms. The molecule has 4 N–H and O–H groups in total. The highest BCUT2D eigenvalue weighted by molar-refractivity contribution is 8.93. The first-order valence-corrected chi connectivity index (χ1v) is 2.94. The summed E-state index contributed by atoms with van der Waals surface area (Å²) in [6.45, 7) is 0.321. The van der Waals surface area contributed by atoms with Gasteiger partial charge in [-0.2, -0.15) is 0 Å². The van der Waals surface area contributed by atoms with Gasteiger partial charge in [-0.05, 0) is 17.7 Å². The summed E-state index contributed by atoms with van der Waals surface area (Å²) in [6.07, 6.45) is 0. The smallest absolute Gasteiger partial charge is 0.119 e. The van der Waals surface area contributed by atoms with E-state index in [1.807, 2.05) is 0 Å². The average molecular weight is 220 g/mol. The number of nitrogens with two attached hydrogens (primary N) is 1. The first kappa shape index (κ1) is 10.3. The van der Waals surface area contributed by atoms with Gasteiger partial charge in [-0.1, -0.05) is 0 Å². The predicted molar refractivity (Wildman–Crippen MR) is 48.0 cm³/mol. The SMILES string of the molecule is Br.NCc1cc(O)cc(O)c1. The maximum absolute atomic E-state index is 8.91. The third-order valence-electron chi connectivity index (χ3n) is 1.20. The fourth-order valence-electron chi connectivity index (χ4n) is 0.774. The predicted octanol–water partition coefficient (Wildman–Crippen LogP) is 1.13. The molecule has 4 heteroatoms. The van der Waals surface area contributed by atoms with E-state index in [0.29, 0.717) is 6.54 Å². The van der Waals surface area contributed by atoms with Gasteiger partial charge in [-0.25, -0.2) is 0 Å². The molecule has 0 radical (unpaired) electrons. The van der Waals surface area contributed by atoms with Crippen LogP contribution in [-0.4, -0.2) is 10.2 Å². The van der Waals surface area contributed by atoms with Gasteiger partial charge in [0.1, 0.15) is 11.5 Å². The molecule has 0 fully saturated rings. The second-order valence-corrected chi connectivity index (χ2v) is 2.06. The van der Waals surface area contributed by atoms with Gasteiger partial charge >= 0.3 is 0 Å². The second-order valence-electron chi connectivity index (χ2n) is 2.06. The van der Waals surface area contributed by atoms with Crippen molar-refractivity contribution in [3.8, 4) is 11.5 Å². The molecule has 0 aliphatic rings. The summed E-state index contributed by atoms with van der Waals surface area (Å²) >= 11 is 0. The highest BCUT2D eigenvalue weighted by Crippen LogP contribution is 2.19. The van der Waals surface area contributed by atoms with Gasteiger partial charge in [-0.15, -0.1) is 17.0 Å². The van der Waals surface area contributed by atoms with Crippen molar-refractivity contribution in [2.45, 2.75) is 6.54 Å². The molecule has 0 aliphatic carbocycles. The Labute approximate surface area is 75.2 Å². The Morgan fingerprint density at radius 2 is 1.55 bits per heavy atom. The van der Waals surface area contributed by atoms with Gasteiger partial charge in [0.15, 0.2) is 0 Å². The molecule has 1 rings (SSSR count). The molecule has 62 valence electrons. The van der Waals surface area contributed by atoms with E-state index in [9.17, 15) is 0 Å². The van der Waals surface area contributed by atoms with Crippen LogP contribution in [0.2, 0.25) is 0 Å². The summed E-state index contributed by atoms with van der Waals surface area (Å²) in [7, 11) is 0. The summed E-state index contributed by atoms with van der Waals surface area (Å²) in [5.74, 6) is 0.0842. The summed E-state index contributed by atoms with van der Waals surface area (Å²) in [5.41, 5.74) is 5.99. The monoisotopic (exact) mass is 219 g/mol. The summed E-state index contributed by atoms with van der Waals surface area (Å²) in [6, 6.07) is 4.29. The van der Waals surface area contributed by atoms with E-state index in [4.69, 9.17) is 15.9 Å². The van der Waals surface area contributed by atoms with Crippen molar-refractivity contribution >= 4 is 17.0 Å². The second kappa shape index (κ2) is 4.20. The molecule has 0 atom stereocenters. The number of rotatable bonds is 1. The molecule has 0 amide bonds. The van der Waals surface area contributed by atoms with Crippen LogP contribution < -0.4 is 5.73 Å². The molecule has 0 spiro atoms. The van der Waals surface area contributed by atoms with E-state index in [0.717, 1.165) is 5.56 Å². The quantitative estimate of drug-likeness (QED) is 0.664. The van der Waals surface area contributed by atoms with Gasteiger partial charge in [0.2, 0.25) is 0 Å². The number of phenols is 2. The normalized spacial score (nSPS) is 8.82. The van der Waals surface area contributed by atoms with E-state index in [2.05, 4.69) is 0 Å². The van der Waals surface area contributed by atoms with Crippen LogP contribution in [0, 0.1) is 0 Å². The first-order valence-electron chi connectivity index (χ1n) is 2.94. The average Bonchev–Trinajstić information content (AvgIpc) is 1.85. The van der Waals surface area contributed by atoms with Gasteiger partial charge in [0.25, 0.3) is 0 Å². The van der Waals surface area contributed by atoms with Crippen molar-refractivity contribution in [1.29, 1.82) is 0 Å². The highest BCUT2D eigenvalue weighted by Gasteiger charge is 1.95. The minimum atomic E-state index is 0. The Morgan fingerprint density at radius 1 is 1.09 bits per heavy atom. The van der Waals surface area contributed by atoms with E-state index in [-0.39, 0.29) is 28.5 Å². The number of phenolic OH excluding ortho intramolecular Hbond substituents is 2. The lowest BCUT2D eigenvalue weighted by atomic mass is 10.2. The zero-order valence-electron chi connectivity index (χ0n) is 5.82. The van der Waals surface area contributed by atoms with Crippen LogP contribution in [-0.2, 0) is 6.54 Å². The molecule has 0 saturated heterocycles. The van der Waals surface area contributed by atoms with Crippen LogP contribution in [0.3, 0.4) is 0 Å². The molecule has 0 bridgehead atoms. The lowest BCUT2D eigenvalue weighted by molar-refractivity contribution is 0.449. The highest BCUT2D eigenvalue weighted by atomic mass is 79.9. The Balaban J connectivity index is 0.000001000. The zero-order valence-corrected chi connectivity index (χ0v) is 7.53. The van der Waals surface area contributed by atoms with Crippen LogP contribution in [0.4, 0.5) is 0 Å². The summed E-state index contributed by atoms with van der Waals surface area (Å²) in [5, 5.41) is 17.8. The molecule has 0 aliphatic heterocycles. The fourth-order valence-corrected chi connectivity index (χ4v) is 0.774.